The van der Waals surface area contributed by atoms with Gasteiger partial charge in [0.05, 0.1) is 0 Å². The van der Waals surface area contributed by atoms with Crippen LogP contribution in [0.3, 0.4) is 0 Å². The van der Waals surface area contributed by atoms with Crippen LogP contribution in [0.5, 0.6) is 0 Å². The molecule has 2 N–H and O–H groups in total. The van der Waals surface area contributed by atoms with Crippen LogP contribution < -0.4 is 10.6 Å². The van der Waals surface area contributed by atoms with Crippen molar-refractivity contribution in [3.63, 3.8) is 0 Å². The third-order valence-corrected chi connectivity index (χ3v) is 4.50. The molecule has 1 amide bonds. The molecule has 18 heavy (non-hydrogen) atoms. The van der Waals surface area contributed by atoms with E-state index in [0.29, 0.717) is 12.1 Å². The molecule has 1 saturated carbocycles. The standard InChI is InChI=1S/C14H18N2OS/c17-14(16-11-4-5-11)10-2-1-3-12(8-10)15-13-6-7-18-9-13/h1-3,8,11,13,15H,4-7,9H2,(H,16,17). The highest BCUT2D eigenvalue weighted by molar-refractivity contribution is 7.99. The Kier molecular flexibility index (Phi) is 3.46. The first-order valence-electron chi connectivity index (χ1n) is 6.56. The fourth-order valence-corrected chi connectivity index (χ4v) is 3.28. The number of nitrogens with one attached hydrogen (secondary N) is 2. The summed E-state index contributed by atoms with van der Waals surface area (Å²) in [6.07, 6.45) is 3.47. The topological polar surface area (TPSA) is 41.1 Å². The summed E-state index contributed by atoms with van der Waals surface area (Å²) in [5.74, 6) is 2.46. The fraction of sp³-hybridized carbons (Fsp3) is 0.500. The zero-order valence-electron chi connectivity index (χ0n) is 10.3. The van der Waals surface area contributed by atoms with Crippen molar-refractivity contribution in [2.45, 2.75) is 31.3 Å². The normalized spacial score (nSPS) is 22.8. The van der Waals surface area contributed by atoms with E-state index in [1.807, 2.05) is 36.0 Å². The Morgan fingerprint density at radius 3 is 2.83 bits per heavy atom. The number of amides is 1. The Hall–Kier alpha value is -1.16. The lowest BCUT2D eigenvalue weighted by molar-refractivity contribution is 0.0951. The molecule has 0 spiro atoms. The molecule has 0 radical (unpaired) electrons. The summed E-state index contributed by atoms with van der Waals surface area (Å²) in [4.78, 5) is 11.9. The second kappa shape index (κ2) is 5.22. The zero-order chi connectivity index (χ0) is 12.4. The van der Waals surface area contributed by atoms with Crippen molar-refractivity contribution in [3.05, 3.63) is 29.8 Å². The second-order valence-corrected chi connectivity index (χ2v) is 6.18. The van der Waals surface area contributed by atoms with Crippen molar-refractivity contribution >= 4 is 23.4 Å². The molecule has 96 valence electrons. The number of carbonyl (C=O) groups excluding carboxylic acids is 1. The van der Waals surface area contributed by atoms with E-state index in [4.69, 9.17) is 0 Å². The Labute approximate surface area is 112 Å². The summed E-state index contributed by atoms with van der Waals surface area (Å²) in [6.45, 7) is 0. The van der Waals surface area contributed by atoms with E-state index in [1.54, 1.807) is 0 Å². The van der Waals surface area contributed by atoms with Gasteiger partial charge in [-0.3, -0.25) is 4.79 Å². The van der Waals surface area contributed by atoms with Gasteiger partial charge in [-0.1, -0.05) is 6.07 Å². The molecule has 1 saturated heterocycles. The van der Waals surface area contributed by atoms with E-state index in [-0.39, 0.29) is 5.91 Å². The average Bonchev–Trinajstić information content (AvgIpc) is 3.04. The molecule has 1 aromatic rings. The van der Waals surface area contributed by atoms with Crippen molar-refractivity contribution in [2.75, 3.05) is 16.8 Å². The first-order valence-corrected chi connectivity index (χ1v) is 7.72. The third kappa shape index (κ3) is 2.99. The lowest BCUT2D eigenvalue weighted by atomic mass is 10.1. The molecular weight excluding hydrogens is 244 g/mol. The summed E-state index contributed by atoms with van der Waals surface area (Å²) < 4.78 is 0. The molecule has 1 aliphatic carbocycles. The first kappa shape index (κ1) is 11.9. The Morgan fingerprint density at radius 1 is 1.22 bits per heavy atom. The Morgan fingerprint density at radius 2 is 2.11 bits per heavy atom. The van der Waals surface area contributed by atoms with Gasteiger partial charge in [-0.25, -0.2) is 0 Å². The quantitative estimate of drug-likeness (QED) is 0.876. The van der Waals surface area contributed by atoms with Crippen molar-refractivity contribution in [3.8, 4) is 0 Å². The van der Waals surface area contributed by atoms with Crippen LogP contribution in [-0.4, -0.2) is 29.5 Å². The predicted molar refractivity (Wildman–Crippen MR) is 76.3 cm³/mol. The maximum absolute atomic E-state index is 11.9. The monoisotopic (exact) mass is 262 g/mol. The van der Waals surface area contributed by atoms with Gasteiger partial charge in [-0.2, -0.15) is 11.8 Å². The molecule has 1 atom stereocenters. The summed E-state index contributed by atoms with van der Waals surface area (Å²) >= 11 is 1.99. The Balaban J connectivity index is 1.65. The van der Waals surface area contributed by atoms with Crippen LogP contribution >= 0.6 is 11.8 Å². The third-order valence-electron chi connectivity index (χ3n) is 3.34. The molecule has 1 unspecified atom stereocenters. The number of rotatable bonds is 4. The summed E-state index contributed by atoms with van der Waals surface area (Å²) in [6, 6.07) is 8.80. The summed E-state index contributed by atoms with van der Waals surface area (Å²) in [5.41, 5.74) is 1.82. The van der Waals surface area contributed by atoms with Crippen LogP contribution in [-0.2, 0) is 0 Å². The van der Waals surface area contributed by atoms with E-state index in [1.165, 1.54) is 17.9 Å². The fourth-order valence-electron chi connectivity index (χ4n) is 2.13. The van der Waals surface area contributed by atoms with Crippen LogP contribution in [0.1, 0.15) is 29.6 Å². The van der Waals surface area contributed by atoms with E-state index in [9.17, 15) is 4.79 Å². The minimum atomic E-state index is 0.0574. The number of anilines is 1. The van der Waals surface area contributed by atoms with Crippen LogP contribution in [0.15, 0.2) is 24.3 Å². The van der Waals surface area contributed by atoms with Gasteiger partial charge in [0.15, 0.2) is 0 Å². The highest BCUT2D eigenvalue weighted by atomic mass is 32.2. The van der Waals surface area contributed by atoms with E-state index >= 15 is 0 Å². The maximum atomic E-state index is 11.9. The average molecular weight is 262 g/mol. The summed E-state index contributed by atoms with van der Waals surface area (Å²) in [5, 5.41) is 6.52. The van der Waals surface area contributed by atoms with Crippen molar-refractivity contribution in [2.24, 2.45) is 0 Å². The van der Waals surface area contributed by atoms with Gasteiger partial charge in [0.1, 0.15) is 0 Å². The lowest BCUT2D eigenvalue weighted by Crippen LogP contribution is -2.25. The largest absolute Gasteiger partial charge is 0.381 e. The molecular formula is C14H18N2OS. The van der Waals surface area contributed by atoms with Gasteiger partial charge < -0.3 is 10.6 Å². The molecule has 4 heteroatoms. The smallest absolute Gasteiger partial charge is 0.251 e. The molecule has 0 aromatic heterocycles. The van der Waals surface area contributed by atoms with Gasteiger partial charge in [0.25, 0.3) is 5.91 Å². The van der Waals surface area contributed by atoms with Crippen molar-refractivity contribution in [1.29, 1.82) is 0 Å². The van der Waals surface area contributed by atoms with E-state index < -0.39 is 0 Å². The van der Waals surface area contributed by atoms with Crippen molar-refractivity contribution in [1.82, 2.24) is 5.32 Å². The highest BCUT2D eigenvalue weighted by Gasteiger charge is 2.24. The lowest BCUT2D eigenvalue weighted by Gasteiger charge is -2.13. The number of carbonyl (C=O) groups is 1. The molecule has 1 heterocycles. The highest BCUT2D eigenvalue weighted by Crippen LogP contribution is 2.23. The van der Waals surface area contributed by atoms with E-state index in [2.05, 4.69) is 10.6 Å². The Bertz CT molecular complexity index is 439. The molecule has 1 aliphatic heterocycles. The summed E-state index contributed by atoms with van der Waals surface area (Å²) in [7, 11) is 0. The molecule has 1 aromatic carbocycles. The second-order valence-electron chi connectivity index (χ2n) is 5.03. The number of hydrogen-bond donors (Lipinski definition) is 2. The van der Waals surface area contributed by atoms with Crippen LogP contribution in [0.25, 0.3) is 0 Å². The van der Waals surface area contributed by atoms with Crippen LogP contribution in [0, 0.1) is 0 Å². The zero-order valence-corrected chi connectivity index (χ0v) is 11.1. The minimum Gasteiger partial charge on any atom is -0.381 e. The minimum absolute atomic E-state index is 0.0574. The van der Waals surface area contributed by atoms with Gasteiger partial charge in [-0.15, -0.1) is 0 Å². The first-order chi connectivity index (χ1) is 8.81. The van der Waals surface area contributed by atoms with Gasteiger partial charge >= 0.3 is 0 Å². The maximum Gasteiger partial charge on any atom is 0.251 e. The molecule has 3 nitrogen and oxygen atoms in total. The molecule has 0 bridgehead atoms. The van der Waals surface area contributed by atoms with Gasteiger partial charge in [0.2, 0.25) is 0 Å². The van der Waals surface area contributed by atoms with Crippen molar-refractivity contribution < 1.29 is 4.79 Å². The van der Waals surface area contributed by atoms with Gasteiger partial charge in [0, 0.05) is 29.1 Å². The predicted octanol–water partition coefficient (Wildman–Crippen LogP) is 2.50. The number of benzene rings is 1. The molecule has 3 rings (SSSR count). The number of hydrogen-bond acceptors (Lipinski definition) is 3. The van der Waals surface area contributed by atoms with Gasteiger partial charge in [-0.05, 0) is 43.2 Å². The molecule has 2 fully saturated rings. The van der Waals surface area contributed by atoms with Crippen LogP contribution in [0.4, 0.5) is 5.69 Å². The van der Waals surface area contributed by atoms with E-state index in [0.717, 1.165) is 24.1 Å². The number of thioether (sulfide) groups is 1. The molecule has 2 aliphatic rings. The SMILES string of the molecule is O=C(NC1CC1)c1cccc(NC2CCSC2)c1. The van der Waals surface area contributed by atoms with Crippen LogP contribution in [0.2, 0.25) is 0 Å².